The molecule has 0 radical (unpaired) electrons. The number of hydrogen-bond donors (Lipinski definition) is 1. The molecule has 0 fully saturated rings. The van der Waals surface area contributed by atoms with Crippen LogP contribution in [0.3, 0.4) is 0 Å². The largest absolute Gasteiger partial charge is 0.489 e. The molecule has 4 aromatic rings. The Morgan fingerprint density at radius 1 is 0.903 bits per heavy atom. The Morgan fingerprint density at radius 3 is 2.45 bits per heavy atom. The SMILES string of the molecule is O=C(Cc1cccc2ccccc12)N/N=C\c1ccc(OCc2ccc(I)cc2)cc1. The Morgan fingerprint density at radius 2 is 1.65 bits per heavy atom. The van der Waals surface area contributed by atoms with Gasteiger partial charge in [-0.05, 0) is 86.5 Å². The number of carbonyl (C=O) groups excluding carboxylic acids is 1. The Balaban J connectivity index is 1.29. The van der Waals surface area contributed by atoms with Gasteiger partial charge in [0.05, 0.1) is 12.6 Å². The molecule has 1 amide bonds. The van der Waals surface area contributed by atoms with Gasteiger partial charge in [0.25, 0.3) is 0 Å². The summed E-state index contributed by atoms with van der Waals surface area (Å²) >= 11 is 2.28. The smallest absolute Gasteiger partial charge is 0.244 e. The fourth-order valence-electron chi connectivity index (χ4n) is 3.24. The Labute approximate surface area is 195 Å². The van der Waals surface area contributed by atoms with Crippen LogP contribution in [0.25, 0.3) is 10.8 Å². The standard InChI is InChI=1S/C26H21IN2O2/c27-23-12-8-20(9-13-23)18-31-24-14-10-19(11-15-24)17-28-29-26(30)16-22-6-3-5-21-4-1-2-7-25(21)22/h1-15,17H,16,18H2,(H,29,30)/b28-17-. The second-order valence-electron chi connectivity index (χ2n) is 7.09. The molecule has 4 rings (SSSR count). The number of halogens is 1. The van der Waals surface area contributed by atoms with Crippen LogP contribution in [0.4, 0.5) is 0 Å². The molecule has 0 aliphatic rings. The minimum Gasteiger partial charge on any atom is -0.489 e. The fourth-order valence-corrected chi connectivity index (χ4v) is 3.59. The summed E-state index contributed by atoms with van der Waals surface area (Å²) in [5.74, 6) is 0.640. The summed E-state index contributed by atoms with van der Waals surface area (Å²) in [5, 5.41) is 6.30. The lowest BCUT2D eigenvalue weighted by molar-refractivity contribution is -0.120. The van der Waals surface area contributed by atoms with E-state index >= 15 is 0 Å². The summed E-state index contributed by atoms with van der Waals surface area (Å²) in [7, 11) is 0. The molecule has 1 N–H and O–H groups in total. The molecule has 0 unspecified atom stereocenters. The van der Waals surface area contributed by atoms with Crippen LogP contribution in [0.15, 0.2) is 96.1 Å². The topological polar surface area (TPSA) is 50.7 Å². The van der Waals surface area contributed by atoms with Crippen molar-refractivity contribution >= 4 is 45.5 Å². The monoisotopic (exact) mass is 520 g/mol. The number of hydrogen-bond acceptors (Lipinski definition) is 3. The predicted octanol–water partition coefficient (Wildman–Crippen LogP) is 5.72. The Bertz CT molecular complexity index is 1200. The fraction of sp³-hybridized carbons (Fsp3) is 0.0769. The zero-order valence-electron chi connectivity index (χ0n) is 16.8. The number of rotatable bonds is 7. The van der Waals surface area contributed by atoms with E-state index in [-0.39, 0.29) is 12.3 Å². The van der Waals surface area contributed by atoms with Crippen molar-refractivity contribution in [2.24, 2.45) is 5.10 Å². The number of nitrogens with one attached hydrogen (secondary N) is 1. The highest BCUT2D eigenvalue weighted by molar-refractivity contribution is 14.1. The molecule has 0 aliphatic carbocycles. The number of nitrogens with zero attached hydrogens (tertiary/aromatic N) is 1. The van der Waals surface area contributed by atoms with Gasteiger partial charge in [-0.3, -0.25) is 4.79 Å². The first-order valence-electron chi connectivity index (χ1n) is 9.93. The molecular weight excluding hydrogens is 499 g/mol. The first-order chi connectivity index (χ1) is 15.2. The molecule has 0 heterocycles. The van der Waals surface area contributed by atoms with Crippen LogP contribution in [0.5, 0.6) is 5.75 Å². The lowest BCUT2D eigenvalue weighted by Crippen LogP contribution is -2.19. The van der Waals surface area contributed by atoms with Gasteiger partial charge in [-0.1, -0.05) is 54.6 Å². The van der Waals surface area contributed by atoms with Gasteiger partial charge in [0.1, 0.15) is 12.4 Å². The van der Waals surface area contributed by atoms with E-state index in [2.05, 4.69) is 57.4 Å². The summed E-state index contributed by atoms with van der Waals surface area (Å²) in [4.78, 5) is 12.3. The van der Waals surface area contributed by atoms with E-state index in [4.69, 9.17) is 4.74 Å². The van der Waals surface area contributed by atoms with Gasteiger partial charge >= 0.3 is 0 Å². The molecule has 0 bridgehead atoms. The van der Waals surface area contributed by atoms with Crippen LogP contribution in [0.1, 0.15) is 16.7 Å². The van der Waals surface area contributed by atoms with E-state index < -0.39 is 0 Å². The zero-order valence-corrected chi connectivity index (χ0v) is 19.0. The van der Waals surface area contributed by atoms with Gasteiger partial charge in [-0.25, -0.2) is 5.43 Å². The lowest BCUT2D eigenvalue weighted by Gasteiger charge is -2.07. The molecule has 0 atom stereocenters. The maximum absolute atomic E-state index is 12.3. The molecule has 0 saturated heterocycles. The van der Waals surface area contributed by atoms with Crippen molar-refractivity contribution in [2.75, 3.05) is 0 Å². The second-order valence-corrected chi connectivity index (χ2v) is 8.34. The van der Waals surface area contributed by atoms with Crippen LogP contribution in [0.2, 0.25) is 0 Å². The second kappa shape index (κ2) is 10.2. The molecule has 4 nitrogen and oxygen atoms in total. The summed E-state index contributed by atoms with van der Waals surface area (Å²) in [6, 6.07) is 29.9. The lowest BCUT2D eigenvalue weighted by atomic mass is 10.0. The molecule has 0 aliphatic heterocycles. The van der Waals surface area contributed by atoms with E-state index in [1.165, 1.54) is 3.57 Å². The van der Waals surface area contributed by atoms with Gasteiger partial charge in [0.15, 0.2) is 0 Å². The first kappa shape index (κ1) is 21.1. The third-order valence-electron chi connectivity index (χ3n) is 4.83. The third-order valence-corrected chi connectivity index (χ3v) is 5.55. The maximum Gasteiger partial charge on any atom is 0.244 e. The highest BCUT2D eigenvalue weighted by Crippen LogP contribution is 2.19. The van der Waals surface area contributed by atoms with E-state index in [0.717, 1.165) is 33.2 Å². The van der Waals surface area contributed by atoms with Crippen LogP contribution < -0.4 is 10.2 Å². The number of hydrazone groups is 1. The molecule has 0 aromatic heterocycles. The van der Waals surface area contributed by atoms with Crippen LogP contribution >= 0.6 is 22.6 Å². The normalized spacial score (nSPS) is 11.0. The van der Waals surface area contributed by atoms with Crippen molar-refractivity contribution in [1.82, 2.24) is 5.43 Å². The average Bonchev–Trinajstić information content (AvgIpc) is 2.80. The number of fused-ring (bicyclic) bond motifs is 1. The average molecular weight is 520 g/mol. The maximum atomic E-state index is 12.3. The van der Waals surface area contributed by atoms with Crippen molar-refractivity contribution in [3.63, 3.8) is 0 Å². The molecule has 0 spiro atoms. The van der Waals surface area contributed by atoms with Crippen molar-refractivity contribution in [2.45, 2.75) is 13.0 Å². The molecule has 0 saturated carbocycles. The molecular formula is C26H21IN2O2. The van der Waals surface area contributed by atoms with E-state index in [1.54, 1.807) is 6.21 Å². The highest BCUT2D eigenvalue weighted by Gasteiger charge is 2.06. The van der Waals surface area contributed by atoms with Gasteiger partial charge in [-0.15, -0.1) is 0 Å². The van der Waals surface area contributed by atoms with Crippen molar-refractivity contribution in [3.8, 4) is 5.75 Å². The third kappa shape index (κ3) is 5.92. The number of amides is 1. The van der Waals surface area contributed by atoms with Gasteiger partial charge in [0.2, 0.25) is 5.91 Å². The molecule has 154 valence electrons. The van der Waals surface area contributed by atoms with E-state index in [9.17, 15) is 4.79 Å². The van der Waals surface area contributed by atoms with Gasteiger partial charge in [0, 0.05) is 3.57 Å². The summed E-state index contributed by atoms with van der Waals surface area (Å²) < 4.78 is 7.02. The van der Waals surface area contributed by atoms with E-state index in [0.29, 0.717) is 6.61 Å². The van der Waals surface area contributed by atoms with Crippen molar-refractivity contribution in [1.29, 1.82) is 0 Å². The highest BCUT2D eigenvalue weighted by atomic mass is 127. The van der Waals surface area contributed by atoms with Crippen LogP contribution in [0, 0.1) is 3.57 Å². The molecule has 31 heavy (non-hydrogen) atoms. The quantitative estimate of drug-likeness (QED) is 0.193. The first-order valence-corrected chi connectivity index (χ1v) is 11.0. The Kier molecular flexibility index (Phi) is 6.94. The number of carbonyl (C=O) groups is 1. The minimum atomic E-state index is -0.148. The zero-order chi connectivity index (χ0) is 21.5. The van der Waals surface area contributed by atoms with Crippen molar-refractivity contribution in [3.05, 3.63) is 111 Å². The summed E-state index contributed by atoms with van der Waals surface area (Å²) in [6.45, 7) is 0.522. The number of ether oxygens (including phenoxy) is 1. The van der Waals surface area contributed by atoms with Crippen LogP contribution in [-0.2, 0) is 17.8 Å². The Hall–Kier alpha value is -3.19. The number of benzene rings is 4. The predicted molar refractivity (Wildman–Crippen MR) is 133 cm³/mol. The summed E-state index contributed by atoms with van der Waals surface area (Å²) in [6.07, 6.45) is 1.91. The van der Waals surface area contributed by atoms with Crippen LogP contribution in [-0.4, -0.2) is 12.1 Å². The van der Waals surface area contributed by atoms with Gasteiger partial charge < -0.3 is 4.74 Å². The van der Waals surface area contributed by atoms with Gasteiger partial charge in [-0.2, -0.15) is 5.10 Å². The molecule has 5 heteroatoms. The van der Waals surface area contributed by atoms with E-state index in [1.807, 2.05) is 66.7 Å². The summed E-state index contributed by atoms with van der Waals surface area (Å²) in [5.41, 5.74) is 5.60. The minimum absolute atomic E-state index is 0.148. The molecule has 4 aromatic carbocycles. The van der Waals surface area contributed by atoms with Crippen molar-refractivity contribution < 1.29 is 9.53 Å².